The zero-order valence-electron chi connectivity index (χ0n) is 10.6. The first-order chi connectivity index (χ1) is 8.22. The molecule has 2 atom stereocenters. The molecule has 2 unspecified atom stereocenters. The van der Waals surface area contributed by atoms with E-state index in [9.17, 15) is 5.11 Å². The molecule has 1 N–H and O–H groups in total. The molecule has 96 valence electrons. The van der Waals surface area contributed by atoms with E-state index < -0.39 is 6.10 Å². The summed E-state index contributed by atoms with van der Waals surface area (Å²) in [6.45, 7) is 2.19. The molecule has 0 saturated carbocycles. The topological polar surface area (TPSA) is 20.2 Å². The van der Waals surface area contributed by atoms with Crippen LogP contribution in [0, 0.1) is 12.3 Å². The monoisotopic (exact) mass is 254 g/mol. The molecular formula is C15H23ClO. The van der Waals surface area contributed by atoms with E-state index in [1.807, 2.05) is 0 Å². The summed E-state index contributed by atoms with van der Waals surface area (Å²) >= 11 is 6.06. The van der Waals surface area contributed by atoms with Gasteiger partial charge in [-0.25, -0.2) is 0 Å². The molecule has 0 aromatic rings. The Hall–Kier alpha value is -0.710. The van der Waals surface area contributed by atoms with Gasteiger partial charge in [-0.1, -0.05) is 43.9 Å². The van der Waals surface area contributed by atoms with Gasteiger partial charge < -0.3 is 5.11 Å². The van der Waals surface area contributed by atoms with E-state index in [2.05, 4.69) is 25.0 Å². The van der Waals surface area contributed by atoms with E-state index in [0.29, 0.717) is 12.8 Å². The number of hydrogen-bond donors (Lipinski definition) is 1. The second-order valence-corrected chi connectivity index (χ2v) is 4.65. The van der Waals surface area contributed by atoms with E-state index in [1.54, 1.807) is 12.2 Å². The zero-order chi connectivity index (χ0) is 12.9. The minimum absolute atomic E-state index is 0.236. The number of alkyl halides is 1. The molecule has 0 amide bonds. The first kappa shape index (κ1) is 16.3. The molecule has 17 heavy (non-hydrogen) atoms. The van der Waals surface area contributed by atoms with E-state index in [0.717, 1.165) is 6.42 Å². The predicted octanol–water partition coefficient (Wildman–Crippen LogP) is 4.06. The van der Waals surface area contributed by atoms with Crippen molar-refractivity contribution in [3.63, 3.8) is 0 Å². The van der Waals surface area contributed by atoms with Crippen molar-refractivity contribution in [2.75, 3.05) is 0 Å². The second kappa shape index (κ2) is 11.8. The standard InChI is InChI=1S/C15H23ClO/c1-3-5-7-8-9-11-12-14(16)15(17)13-10-6-4-2/h2,6,9-11,14-15,17H,3,5,7-8,12-13H2,1H3/b10-6-,11-9-. The smallest absolute Gasteiger partial charge is 0.0741 e. The predicted molar refractivity (Wildman–Crippen MR) is 76.1 cm³/mol. The number of rotatable bonds is 9. The van der Waals surface area contributed by atoms with Crippen LogP contribution >= 0.6 is 11.6 Å². The van der Waals surface area contributed by atoms with Gasteiger partial charge in [0.25, 0.3) is 0 Å². The van der Waals surface area contributed by atoms with Gasteiger partial charge in [-0.05, 0) is 31.8 Å². The minimum atomic E-state index is -0.526. The summed E-state index contributed by atoms with van der Waals surface area (Å²) in [7, 11) is 0. The van der Waals surface area contributed by atoms with Gasteiger partial charge in [0.2, 0.25) is 0 Å². The third-order valence-electron chi connectivity index (χ3n) is 2.51. The Morgan fingerprint density at radius 2 is 2.00 bits per heavy atom. The molecule has 0 aliphatic carbocycles. The van der Waals surface area contributed by atoms with Gasteiger partial charge in [-0.3, -0.25) is 0 Å². The van der Waals surface area contributed by atoms with Crippen molar-refractivity contribution in [2.45, 2.75) is 56.9 Å². The average molecular weight is 255 g/mol. The summed E-state index contributed by atoms with van der Waals surface area (Å²) in [4.78, 5) is 0. The van der Waals surface area contributed by atoms with Gasteiger partial charge in [0.1, 0.15) is 0 Å². The number of allylic oxidation sites excluding steroid dienone is 3. The van der Waals surface area contributed by atoms with E-state index in [1.165, 1.54) is 19.3 Å². The van der Waals surface area contributed by atoms with Gasteiger partial charge in [0, 0.05) is 0 Å². The summed E-state index contributed by atoms with van der Waals surface area (Å²) in [6.07, 6.45) is 18.2. The van der Waals surface area contributed by atoms with Gasteiger partial charge in [-0.2, -0.15) is 0 Å². The van der Waals surface area contributed by atoms with E-state index in [-0.39, 0.29) is 5.38 Å². The fourth-order valence-electron chi connectivity index (χ4n) is 1.44. The Bertz CT molecular complexity index is 263. The molecule has 0 bridgehead atoms. The molecular weight excluding hydrogens is 232 g/mol. The lowest BCUT2D eigenvalue weighted by molar-refractivity contribution is 0.172. The highest BCUT2D eigenvalue weighted by Gasteiger charge is 2.12. The van der Waals surface area contributed by atoms with Crippen molar-refractivity contribution in [1.29, 1.82) is 0 Å². The van der Waals surface area contributed by atoms with Crippen LogP contribution in [-0.4, -0.2) is 16.6 Å². The third kappa shape index (κ3) is 10.2. The Balaban J connectivity index is 3.66. The zero-order valence-corrected chi connectivity index (χ0v) is 11.4. The largest absolute Gasteiger partial charge is 0.391 e. The Labute approximate surface area is 111 Å². The van der Waals surface area contributed by atoms with Gasteiger partial charge in [0.05, 0.1) is 11.5 Å². The molecule has 0 aromatic heterocycles. The lowest BCUT2D eigenvalue weighted by Crippen LogP contribution is -2.19. The maximum atomic E-state index is 9.70. The summed E-state index contributed by atoms with van der Waals surface area (Å²) in [5.41, 5.74) is 0. The van der Waals surface area contributed by atoms with Crippen LogP contribution in [0.15, 0.2) is 24.3 Å². The molecule has 0 saturated heterocycles. The molecule has 2 heteroatoms. The third-order valence-corrected chi connectivity index (χ3v) is 2.98. The van der Waals surface area contributed by atoms with Gasteiger partial charge in [-0.15, -0.1) is 18.0 Å². The SMILES string of the molecule is C#C/C=C\CC(O)C(Cl)C/C=C\CCCCC. The van der Waals surface area contributed by atoms with Crippen molar-refractivity contribution in [3.8, 4) is 12.3 Å². The first-order valence-corrected chi connectivity index (χ1v) is 6.74. The van der Waals surface area contributed by atoms with Crippen molar-refractivity contribution in [3.05, 3.63) is 24.3 Å². The highest BCUT2D eigenvalue weighted by molar-refractivity contribution is 6.21. The number of hydrogen-bond acceptors (Lipinski definition) is 1. The number of halogens is 1. The molecule has 0 heterocycles. The van der Waals surface area contributed by atoms with Crippen LogP contribution in [0.3, 0.4) is 0 Å². The second-order valence-electron chi connectivity index (χ2n) is 4.09. The van der Waals surface area contributed by atoms with E-state index in [4.69, 9.17) is 18.0 Å². The highest BCUT2D eigenvalue weighted by atomic mass is 35.5. The van der Waals surface area contributed by atoms with Crippen molar-refractivity contribution >= 4 is 11.6 Å². The van der Waals surface area contributed by atoms with Gasteiger partial charge in [0.15, 0.2) is 0 Å². The Morgan fingerprint density at radius 3 is 2.65 bits per heavy atom. The molecule has 0 spiro atoms. The fraction of sp³-hybridized carbons (Fsp3) is 0.600. The molecule has 0 aliphatic rings. The minimum Gasteiger partial charge on any atom is -0.391 e. The fourth-order valence-corrected chi connectivity index (χ4v) is 1.64. The van der Waals surface area contributed by atoms with Crippen molar-refractivity contribution in [2.24, 2.45) is 0 Å². The molecule has 0 fully saturated rings. The summed E-state index contributed by atoms with van der Waals surface area (Å²) < 4.78 is 0. The first-order valence-electron chi connectivity index (χ1n) is 6.30. The number of aliphatic hydroxyl groups is 1. The number of aliphatic hydroxyl groups excluding tert-OH is 1. The van der Waals surface area contributed by atoms with Crippen LogP contribution in [0.4, 0.5) is 0 Å². The molecule has 0 aromatic carbocycles. The quantitative estimate of drug-likeness (QED) is 0.285. The van der Waals surface area contributed by atoms with Crippen LogP contribution in [0.25, 0.3) is 0 Å². The molecule has 0 radical (unpaired) electrons. The van der Waals surface area contributed by atoms with Crippen LogP contribution in [0.5, 0.6) is 0 Å². The maximum Gasteiger partial charge on any atom is 0.0741 e. The van der Waals surface area contributed by atoms with Crippen LogP contribution in [-0.2, 0) is 0 Å². The summed E-state index contributed by atoms with van der Waals surface area (Å²) in [5.74, 6) is 2.39. The van der Waals surface area contributed by atoms with Gasteiger partial charge >= 0.3 is 0 Å². The molecule has 0 aliphatic heterocycles. The van der Waals surface area contributed by atoms with Crippen LogP contribution in [0.2, 0.25) is 0 Å². The summed E-state index contributed by atoms with van der Waals surface area (Å²) in [6, 6.07) is 0. The Morgan fingerprint density at radius 1 is 1.24 bits per heavy atom. The molecule has 1 nitrogen and oxygen atoms in total. The Kier molecular flexibility index (Phi) is 11.3. The maximum absolute atomic E-state index is 9.70. The lowest BCUT2D eigenvalue weighted by atomic mass is 10.1. The summed E-state index contributed by atoms with van der Waals surface area (Å²) in [5, 5.41) is 9.46. The van der Waals surface area contributed by atoms with Crippen LogP contribution < -0.4 is 0 Å². The van der Waals surface area contributed by atoms with Crippen molar-refractivity contribution in [1.82, 2.24) is 0 Å². The average Bonchev–Trinajstić information content (AvgIpc) is 2.33. The van der Waals surface area contributed by atoms with Crippen molar-refractivity contribution < 1.29 is 5.11 Å². The normalized spacial score (nSPS) is 15.2. The van der Waals surface area contributed by atoms with E-state index >= 15 is 0 Å². The molecule has 0 rings (SSSR count). The van der Waals surface area contributed by atoms with Crippen LogP contribution in [0.1, 0.15) is 45.4 Å². The lowest BCUT2D eigenvalue weighted by Gasteiger charge is -2.12. The number of terminal acetylenes is 1. The highest BCUT2D eigenvalue weighted by Crippen LogP contribution is 2.13. The number of unbranched alkanes of at least 4 members (excludes halogenated alkanes) is 3.